The molecule has 84 heavy (non-hydrogen) atoms. The zero-order valence-corrected chi connectivity index (χ0v) is 46.8. The van der Waals surface area contributed by atoms with Gasteiger partial charge in [0, 0.05) is 67.0 Å². The van der Waals surface area contributed by atoms with Gasteiger partial charge in [-0.2, -0.15) is 0 Å². The Hall–Kier alpha value is -10.9. The second-order valence-electron chi connectivity index (χ2n) is 22.0. The van der Waals surface area contributed by atoms with E-state index in [4.69, 9.17) is 0 Å². The Kier molecular flexibility index (Phi) is 12.6. The van der Waals surface area contributed by atoms with Crippen molar-refractivity contribution in [2.75, 3.05) is 9.80 Å². The molecule has 0 aliphatic rings. The van der Waals surface area contributed by atoms with Crippen LogP contribution >= 0.6 is 0 Å². The van der Waals surface area contributed by atoms with E-state index in [0.717, 1.165) is 67.8 Å². The van der Waals surface area contributed by atoms with Gasteiger partial charge in [0.2, 0.25) is 0 Å². The lowest BCUT2D eigenvalue weighted by Gasteiger charge is -2.26. The molecule has 13 aromatic carbocycles. The van der Waals surface area contributed by atoms with Gasteiger partial charge < -0.3 is 18.9 Å². The second-order valence-corrected chi connectivity index (χ2v) is 22.0. The quantitative estimate of drug-likeness (QED) is 0.121. The summed E-state index contributed by atoms with van der Waals surface area (Å²) < 4.78 is 4.78. The summed E-state index contributed by atoms with van der Waals surface area (Å²) in [6.07, 6.45) is 0. The largest absolute Gasteiger partial charge is 0.310 e. The highest BCUT2D eigenvalue weighted by atomic mass is 15.1. The zero-order chi connectivity index (χ0) is 56.1. The van der Waals surface area contributed by atoms with Crippen molar-refractivity contribution in [2.45, 2.75) is 13.8 Å². The molecule has 0 unspecified atom stereocenters. The molecule has 0 aliphatic carbocycles. The Morgan fingerprint density at radius 3 is 0.893 bits per heavy atom. The zero-order valence-electron chi connectivity index (χ0n) is 46.8. The number of aryl methyl sites for hydroxylation is 2. The fourth-order valence-electron chi connectivity index (χ4n) is 12.4. The molecule has 2 heterocycles. The van der Waals surface area contributed by atoms with Gasteiger partial charge in [-0.15, -0.1) is 0 Å². The third kappa shape index (κ3) is 9.17. The average Bonchev–Trinajstić information content (AvgIpc) is 3.14. The Morgan fingerprint density at radius 2 is 0.500 bits per heavy atom. The van der Waals surface area contributed by atoms with Crippen molar-refractivity contribution < 1.29 is 0 Å². The minimum atomic E-state index is 1.08. The summed E-state index contributed by atoms with van der Waals surface area (Å²) in [6.45, 7) is 4.28. The van der Waals surface area contributed by atoms with Crippen molar-refractivity contribution in [3.05, 3.63) is 327 Å². The van der Waals surface area contributed by atoms with E-state index in [1.807, 2.05) is 0 Å². The number of hydrogen-bond acceptors (Lipinski definition) is 2. The van der Waals surface area contributed by atoms with Crippen LogP contribution in [0.2, 0.25) is 0 Å². The van der Waals surface area contributed by atoms with E-state index in [1.165, 1.54) is 77.0 Å². The molecular weight excluding hydrogens is 1020 g/mol. The van der Waals surface area contributed by atoms with Crippen LogP contribution < -0.4 is 9.80 Å². The van der Waals surface area contributed by atoms with E-state index >= 15 is 0 Å². The minimum Gasteiger partial charge on any atom is -0.310 e. The van der Waals surface area contributed by atoms with E-state index < -0.39 is 0 Å². The first-order valence-corrected chi connectivity index (χ1v) is 28.9. The van der Waals surface area contributed by atoms with Gasteiger partial charge in [0.15, 0.2) is 0 Å². The predicted octanol–water partition coefficient (Wildman–Crippen LogP) is 22.1. The molecule has 15 rings (SSSR count). The highest BCUT2D eigenvalue weighted by molar-refractivity contribution is 6.12. The van der Waals surface area contributed by atoms with Gasteiger partial charge >= 0.3 is 0 Å². The van der Waals surface area contributed by atoms with Crippen molar-refractivity contribution in [3.8, 4) is 55.9 Å². The van der Waals surface area contributed by atoms with Crippen LogP contribution in [0.4, 0.5) is 34.1 Å². The first-order valence-electron chi connectivity index (χ1n) is 28.9. The number of hydrogen-bond donors (Lipinski definition) is 0. The summed E-state index contributed by atoms with van der Waals surface area (Å²) in [5.41, 5.74) is 25.4. The molecule has 0 spiro atoms. The number of fused-ring (bicyclic) bond motifs is 6. The minimum absolute atomic E-state index is 1.08. The van der Waals surface area contributed by atoms with E-state index in [0.29, 0.717) is 0 Å². The van der Waals surface area contributed by atoms with Gasteiger partial charge in [0.1, 0.15) is 0 Å². The van der Waals surface area contributed by atoms with Crippen LogP contribution in [0.15, 0.2) is 315 Å². The monoisotopic (exact) mass is 1070 g/mol. The second kappa shape index (κ2) is 21.2. The Morgan fingerprint density at radius 1 is 0.202 bits per heavy atom. The predicted molar refractivity (Wildman–Crippen MR) is 356 cm³/mol. The van der Waals surface area contributed by atoms with Gasteiger partial charge in [-0.3, -0.25) is 0 Å². The normalized spacial score (nSPS) is 11.5. The molecule has 0 N–H and O–H groups in total. The van der Waals surface area contributed by atoms with E-state index in [2.05, 4.69) is 348 Å². The van der Waals surface area contributed by atoms with Gasteiger partial charge in [0.25, 0.3) is 0 Å². The lowest BCUT2D eigenvalue weighted by atomic mass is 9.99. The van der Waals surface area contributed by atoms with Crippen molar-refractivity contribution in [1.29, 1.82) is 0 Å². The van der Waals surface area contributed by atoms with Crippen molar-refractivity contribution in [3.63, 3.8) is 0 Å². The fourth-order valence-corrected chi connectivity index (χ4v) is 12.4. The molecule has 398 valence electrons. The first kappa shape index (κ1) is 50.1. The lowest BCUT2D eigenvalue weighted by molar-refractivity contribution is 1.17. The van der Waals surface area contributed by atoms with Crippen LogP contribution in [0.3, 0.4) is 0 Å². The van der Waals surface area contributed by atoms with Crippen LogP contribution in [0.5, 0.6) is 0 Å². The van der Waals surface area contributed by atoms with Gasteiger partial charge in [-0.1, -0.05) is 205 Å². The molecule has 15 aromatic rings. The summed E-state index contributed by atoms with van der Waals surface area (Å²) in [6, 6.07) is 115. The molecule has 2 aromatic heterocycles. The standard InChI is InChI=1S/C80H58N4/c1-55-27-39-67(40-28-55)83-77-25-11-9-23-73(77)75-53-71(47-49-79(75)83)81(69-21-13-19-63(51-69)57-15-5-3-6-16-57)65-43-35-61(36-44-65)59-31-33-60(34-32-59)62-37-45-66(46-38-62)82(70-22-14-20-64(52-70)58-17-7-4-8-18-58)72-48-50-80-76(54-72)74-24-10-12-26-78(74)84(80)68-41-29-56(2)30-42-68/h3-54H,1-2H3. The van der Waals surface area contributed by atoms with Crippen LogP contribution in [-0.4, -0.2) is 9.13 Å². The van der Waals surface area contributed by atoms with Crippen molar-refractivity contribution in [1.82, 2.24) is 9.13 Å². The average molecular weight is 1080 g/mol. The smallest absolute Gasteiger partial charge is 0.0542 e. The maximum absolute atomic E-state index is 2.39. The van der Waals surface area contributed by atoms with Gasteiger partial charge in [-0.25, -0.2) is 0 Å². The van der Waals surface area contributed by atoms with E-state index in [1.54, 1.807) is 0 Å². The first-order chi connectivity index (χ1) is 41.5. The number of nitrogens with zero attached hydrogens (tertiary/aromatic N) is 4. The number of para-hydroxylation sites is 2. The molecule has 0 saturated carbocycles. The maximum atomic E-state index is 2.39. The summed E-state index contributed by atoms with van der Waals surface area (Å²) in [5.74, 6) is 0. The molecule has 4 heteroatoms. The number of benzene rings is 13. The van der Waals surface area contributed by atoms with Crippen LogP contribution in [-0.2, 0) is 0 Å². The molecule has 0 amide bonds. The van der Waals surface area contributed by atoms with Crippen molar-refractivity contribution in [2.24, 2.45) is 0 Å². The van der Waals surface area contributed by atoms with Gasteiger partial charge in [-0.05, 0) is 180 Å². The Labute approximate surface area is 490 Å². The summed E-state index contributed by atoms with van der Waals surface area (Å²) in [4.78, 5) is 4.79. The molecular formula is C80H58N4. The summed E-state index contributed by atoms with van der Waals surface area (Å²) >= 11 is 0. The van der Waals surface area contributed by atoms with E-state index in [-0.39, 0.29) is 0 Å². The third-order valence-electron chi connectivity index (χ3n) is 16.6. The van der Waals surface area contributed by atoms with Crippen LogP contribution in [0, 0.1) is 13.8 Å². The summed E-state index contributed by atoms with van der Waals surface area (Å²) in [5, 5.41) is 4.87. The molecule has 0 atom stereocenters. The molecule has 0 radical (unpaired) electrons. The third-order valence-corrected chi connectivity index (χ3v) is 16.6. The molecule has 0 saturated heterocycles. The van der Waals surface area contributed by atoms with Crippen LogP contribution in [0.25, 0.3) is 99.5 Å². The molecule has 0 bridgehead atoms. The number of anilines is 6. The maximum Gasteiger partial charge on any atom is 0.0542 e. The van der Waals surface area contributed by atoms with Gasteiger partial charge in [0.05, 0.1) is 22.1 Å². The molecule has 0 aliphatic heterocycles. The highest BCUT2D eigenvalue weighted by Gasteiger charge is 2.21. The fraction of sp³-hybridized carbons (Fsp3) is 0.0250. The van der Waals surface area contributed by atoms with E-state index in [9.17, 15) is 0 Å². The summed E-state index contributed by atoms with van der Waals surface area (Å²) in [7, 11) is 0. The molecule has 4 nitrogen and oxygen atoms in total. The number of aromatic nitrogens is 2. The highest BCUT2D eigenvalue weighted by Crippen LogP contribution is 2.44. The number of rotatable bonds is 12. The Bertz CT molecular complexity index is 4550. The Balaban J connectivity index is 0.761. The van der Waals surface area contributed by atoms with Crippen LogP contribution in [0.1, 0.15) is 11.1 Å². The molecule has 0 fully saturated rings. The van der Waals surface area contributed by atoms with Crippen molar-refractivity contribution >= 4 is 77.7 Å². The lowest BCUT2D eigenvalue weighted by Crippen LogP contribution is -2.10. The topological polar surface area (TPSA) is 16.3 Å². The SMILES string of the molecule is Cc1ccc(-n2c3ccccc3c3cc(N(c4ccc(-c5ccc(-c6ccc(N(c7cccc(-c8ccccc8)c7)c7ccc8c(c7)c7ccccc7n8-c7ccc(C)cc7)cc6)cc5)cc4)c4cccc(-c5ccccc5)c4)ccc32)cc1.